The van der Waals surface area contributed by atoms with E-state index in [1.165, 1.54) is 12.1 Å². The Morgan fingerprint density at radius 1 is 1.26 bits per heavy atom. The fourth-order valence-electron chi connectivity index (χ4n) is 1.94. The van der Waals surface area contributed by atoms with E-state index < -0.39 is 40.6 Å². The van der Waals surface area contributed by atoms with E-state index in [0.717, 1.165) is 11.1 Å². The molecule has 9 heteroatoms. The van der Waals surface area contributed by atoms with E-state index in [4.69, 9.17) is 10.00 Å². The van der Waals surface area contributed by atoms with Crippen LogP contribution < -0.4 is 10.0 Å². The maximum atomic E-state index is 12.2. The number of nitrogens with zero attached hydrogens (tertiary/aromatic N) is 1. The van der Waals surface area contributed by atoms with Gasteiger partial charge in [0.1, 0.15) is 12.1 Å². The van der Waals surface area contributed by atoms with E-state index in [1.807, 2.05) is 13.0 Å². The molecule has 0 aliphatic heterocycles. The summed E-state index contributed by atoms with van der Waals surface area (Å²) in [5, 5.41) is 11.6. The summed E-state index contributed by atoms with van der Waals surface area (Å²) in [6, 6.07) is 6.63. The Morgan fingerprint density at radius 2 is 1.89 bits per heavy atom. The van der Waals surface area contributed by atoms with Gasteiger partial charge in [0.15, 0.2) is 6.61 Å². The molecule has 1 aromatic rings. The molecule has 148 valence electrons. The van der Waals surface area contributed by atoms with E-state index in [2.05, 4.69) is 10.0 Å². The van der Waals surface area contributed by atoms with Crippen LogP contribution in [0.3, 0.4) is 0 Å². The molecule has 0 aromatic heterocycles. The number of hydrogen-bond donors (Lipinski definition) is 2. The van der Waals surface area contributed by atoms with Gasteiger partial charge in [-0.2, -0.15) is 9.98 Å². The third-order valence-electron chi connectivity index (χ3n) is 4.35. The van der Waals surface area contributed by atoms with Crippen LogP contribution in [0.25, 0.3) is 0 Å². The molecule has 0 heterocycles. The Labute approximate surface area is 160 Å². The van der Waals surface area contributed by atoms with Crippen molar-refractivity contribution in [1.82, 2.24) is 10.0 Å². The molecule has 2 N–H and O–H groups in total. The van der Waals surface area contributed by atoms with Gasteiger partial charge in [-0.25, -0.2) is 8.42 Å². The van der Waals surface area contributed by atoms with Gasteiger partial charge in [-0.3, -0.25) is 9.59 Å². The zero-order chi connectivity index (χ0) is 20.8. The minimum atomic E-state index is -3.87. The van der Waals surface area contributed by atoms with Crippen LogP contribution in [0.1, 0.15) is 31.9 Å². The number of carbonyl (C=O) groups is 2. The van der Waals surface area contributed by atoms with Crippen LogP contribution in [0.2, 0.25) is 0 Å². The van der Waals surface area contributed by atoms with Crippen molar-refractivity contribution in [3.63, 3.8) is 0 Å². The van der Waals surface area contributed by atoms with Crippen molar-refractivity contribution < 1.29 is 22.7 Å². The Balaban J connectivity index is 2.57. The van der Waals surface area contributed by atoms with Gasteiger partial charge >= 0.3 is 5.97 Å². The quantitative estimate of drug-likeness (QED) is 0.637. The number of nitrogens with one attached hydrogen (secondary N) is 2. The number of ether oxygens (including phenoxy) is 1. The number of sulfonamides is 1. The van der Waals surface area contributed by atoms with E-state index in [1.54, 1.807) is 33.8 Å². The van der Waals surface area contributed by atoms with Crippen LogP contribution >= 0.6 is 0 Å². The van der Waals surface area contributed by atoms with E-state index >= 15 is 0 Å². The fraction of sp³-hybridized carbons (Fsp3) is 0.500. The summed E-state index contributed by atoms with van der Waals surface area (Å²) < 4.78 is 31.3. The van der Waals surface area contributed by atoms with Crippen LogP contribution in [-0.4, -0.2) is 39.0 Å². The number of rotatable bonds is 8. The molecule has 0 aliphatic rings. The van der Waals surface area contributed by atoms with Gasteiger partial charge in [-0.1, -0.05) is 19.9 Å². The predicted molar refractivity (Wildman–Crippen MR) is 99.1 cm³/mol. The van der Waals surface area contributed by atoms with Crippen LogP contribution in [0.4, 0.5) is 0 Å². The fourth-order valence-corrected chi connectivity index (χ4v) is 3.00. The summed E-state index contributed by atoms with van der Waals surface area (Å²) in [5.41, 5.74) is 0.668. The van der Waals surface area contributed by atoms with Crippen LogP contribution in [0, 0.1) is 31.1 Å². The first-order chi connectivity index (χ1) is 12.4. The Bertz CT molecular complexity index is 858. The van der Waals surface area contributed by atoms with E-state index in [9.17, 15) is 18.0 Å². The first-order valence-corrected chi connectivity index (χ1v) is 9.84. The summed E-state index contributed by atoms with van der Waals surface area (Å²) in [5.74, 6) is -1.69. The molecule has 27 heavy (non-hydrogen) atoms. The van der Waals surface area contributed by atoms with Crippen molar-refractivity contribution in [2.75, 3.05) is 13.2 Å². The van der Waals surface area contributed by atoms with Crippen molar-refractivity contribution in [1.29, 1.82) is 5.26 Å². The van der Waals surface area contributed by atoms with Gasteiger partial charge in [0.05, 0.1) is 11.0 Å². The molecule has 0 spiro atoms. The zero-order valence-corrected chi connectivity index (χ0v) is 16.9. The number of aryl methyl sites for hydroxylation is 2. The standard InChI is InChI=1S/C18H25N3O5S/c1-12(2)18(5,11-19)21-16(22)10-26-17(23)9-20-27(24,25)15-7-6-13(3)14(4)8-15/h6-8,12,20H,9-10H2,1-5H3,(H,21,22)/t18-/m1/s1. The minimum absolute atomic E-state index is 0.0397. The Kier molecular flexibility index (Phi) is 7.51. The molecule has 1 rings (SSSR count). The second-order valence-electron chi connectivity index (χ2n) is 6.75. The van der Waals surface area contributed by atoms with Gasteiger partial charge in [-0.15, -0.1) is 0 Å². The normalized spacial score (nSPS) is 13.5. The number of nitriles is 1. The van der Waals surface area contributed by atoms with E-state index in [-0.39, 0.29) is 10.8 Å². The lowest BCUT2D eigenvalue weighted by atomic mass is 9.90. The summed E-state index contributed by atoms with van der Waals surface area (Å²) in [6.45, 7) is 7.55. The molecule has 0 unspecified atom stereocenters. The summed E-state index contributed by atoms with van der Waals surface area (Å²) in [6.07, 6.45) is 0. The lowest BCUT2D eigenvalue weighted by Crippen LogP contribution is -2.50. The third-order valence-corrected chi connectivity index (χ3v) is 5.74. The first kappa shape index (κ1) is 22.6. The zero-order valence-electron chi connectivity index (χ0n) is 16.1. The molecule has 0 saturated carbocycles. The highest BCUT2D eigenvalue weighted by Gasteiger charge is 2.30. The third kappa shape index (κ3) is 6.34. The topological polar surface area (TPSA) is 125 Å². The second-order valence-corrected chi connectivity index (χ2v) is 8.52. The molecule has 0 saturated heterocycles. The average Bonchev–Trinajstić information content (AvgIpc) is 2.60. The molecule has 1 amide bonds. The summed E-state index contributed by atoms with van der Waals surface area (Å²) >= 11 is 0. The van der Waals surface area contributed by atoms with Crippen LogP contribution in [-0.2, 0) is 24.3 Å². The monoisotopic (exact) mass is 395 g/mol. The molecular weight excluding hydrogens is 370 g/mol. The van der Waals surface area contributed by atoms with Crippen molar-refractivity contribution in [3.8, 4) is 6.07 Å². The lowest BCUT2D eigenvalue weighted by Gasteiger charge is -2.27. The largest absolute Gasteiger partial charge is 0.455 e. The Hall–Kier alpha value is -2.44. The number of amides is 1. The first-order valence-electron chi connectivity index (χ1n) is 8.36. The van der Waals surface area contributed by atoms with Gasteiger partial charge in [0.2, 0.25) is 10.0 Å². The van der Waals surface area contributed by atoms with Gasteiger partial charge in [-0.05, 0) is 49.9 Å². The number of esters is 1. The number of benzene rings is 1. The van der Waals surface area contributed by atoms with Gasteiger partial charge in [0, 0.05) is 0 Å². The lowest BCUT2D eigenvalue weighted by molar-refractivity contribution is -0.147. The smallest absolute Gasteiger partial charge is 0.321 e. The summed E-state index contributed by atoms with van der Waals surface area (Å²) in [7, 11) is -3.87. The molecule has 0 fully saturated rings. The maximum absolute atomic E-state index is 12.2. The molecule has 0 radical (unpaired) electrons. The van der Waals surface area contributed by atoms with Crippen molar-refractivity contribution in [2.24, 2.45) is 5.92 Å². The van der Waals surface area contributed by atoms with Crippen LogP contribution in [0.15, 0.2) is 23.1 Å². The molecule has 0 aliphatic carbocycles. The predicted octanol–water partition coefficient (Wildman–Crippen LogP) is 1.18. The molecule has 8 nitrogen and oxygen atoms in total. The molecule has 0 bridgehead atoms. The minimum Gasteiger partial charge on any atom is -0.455 e. The highest BCUT2D eigenvalue weighted by Crippen LogP contribution is 2.15. The SMILES string of the molecule is Cc1ccc(S(=O)(=O)NCC(=O)OCC(=O)N[C@](C)(C#N)C(C)C)cc1C. The van der Waals surface area contributed by atoms with Crippen LogP contribution in [0.5, 0.6) is 0 Å². The highest BCUT2D eigenvalue weighted by molar-refractivity contribution is 7.89. The highest BCUT2D eigenvalue weighted by atomic mass is 32.2. The maximum Gasteiger partial charge on any atom is 0.321 e. The van der Waals surface area contributed by atoms with Crippen molar-refractivity contribution in [3.05, 3.63) is 29.3 Å². The average molecular weight is 395 g/mol. The molecule has 1 atom stereocenters. The van der Waals surface area contributed by atoms with Gasteiger partial charge in [0.25, 0.3) is 5.91 Å². The second kappa shape index (κ2) is 8.97. The number of carbonyl (C=O) groups excluding carboxylic acids is 2. The summed E-state index contributed by atoms with van der Waals surface area (Å²) in [4.78, 5) is 23.6. The van der Waals surface area contributed by atoms with E-state index in [0.29, 0.717) is 0 Å². The Morgan fingerprint density at radius 3 is 2.41 bits per heavy atom. The molecular formula is C18H25N3O5S. The van der Waals surface area contributed by atoms with Gasteiger partial charge < -0.3 is 10.1 Å². The van der Waals surface area contributed by atoms with Crippen molar-refractivity contribution in [2.45, 2.75) is 45.1 Å². The molecule has 1 aromatic carbocycles. The van der Waals surface area contributed by atoms with Crippen molar-refractivity contribution >= 4 is 21.9 Å². The number of hydrogen-bond acceptors (Lipinski definition) is 6.